The Morgan fingerprint density at radius 3 is 1.93 bits per heavy atom. The van der Waals surface area contributed by atoms with Gasteiger partial charge in [0.15, 0.2) is 0 Å². The molecule has 0 spiro atoms. The summed E-state index contributed by atoms with van der Waals surface area (Å²) < 4.78 is 25.9. The molecule has 0 bridgehead atoms. The molecular weight excluding hydrogens is 407 g/mol. The van der Waals surface area contributed by atoms with Gasteiger partial charge in [-0.15, -0.1) is 0 Å². The van der Waals surface area contributed by atoms with E-state index in [1.807, 2.05) is 13.8 Å². The third kappa shape index (κ3) is 5.15. The molecule has 0 aromatic heterocycles. The van der Waals surface area contributed by atoms with Crippen LogP contribution in [0.2, 0.25) is 10.0 Å². The number of rotatable bonds is 7. The number of amides is 1. The summed E-state index contributed by atoms with van der Waals surface area (Å²) in [6.07, 6.45) is 1.12. The van der Waals surface area contributed by atoms with Crippen LogP contribution in [0.15, 0.2) is 42.5 Å². The molecule has 0 N–H and O–H groups in total. The fourth-order valence-corrected chi connectivity index (χ4v) is 4.08. The van der Waals surface area contributed by atoms with Crippen molar-refractivity contribution in [3.05, 3.63) is 63.6 Å². The first-order chi connectivity index (χ1) is 12.7. The van der Waals surface area contributed by atoms with Crippen LogP contribution in [0.25, 0.3) is 0 Å². The van der Waals surface area contributed by atoms with Gasteiger partial charge in [0.05, 0.1) is 18.5 Å². The van der Waals surface area contributed by atoms with Crippen molar-refractivity contribution in [1.82, 2.24) is 4.90 Å². The smallest absolute Gasteiger partial charge is 0.253 e. The Morgan fingerprint density at radius 2 is 1.48 bits per heavy atom. The van der Waals surface area contributed by atoms with Crippen LogP contribution in [0.1, 0.15) is 29.8 Å². The molecule has 0 radical (unpaired) electrons. The highest BCUT2D eigenvalue weighted by Gasteiger charge is 2.21. The van der Waals surface area contributed by atoms with E-state index < -0.39 is 10.0 Å². The largest absolute Gasteiger partial charge is 0.339 e. The van der Waals surface area contributed by atoms with Gasteiger partial charge < -0.3 is 4.90 Å². The standard InChI is InChI=1S/C19H22Cl2N2O3S/c1-4-22(5-2)19(24)14-9-11-15(12-10-14)23(27(3,25)26)13-16-17(20)7-6-8-18(16)21/h6-12H,4-5,13H2,1-3H3. The first kappa shape index (κ1) is 21.5. The highest BCUT2D eigenvalue weighted by Crippen LogP contribution is 2.29. The van der Waals surface area contributed by atoms with E-state index in [0.29, 0.717) is 39.9 Å². The lowest BCUT2D eigenvalue weighted by atomic mass is 10.1. The maximum Gasteiger partial charge on any atom is 0.253 e. The number of carbonyl (C=O) groups excluding carboxylic acids is 1. The lowest BCUT2D eigenvalue weighted by Gasteiger charge is -2.24. The zero-order valence-corrected chi connectivity index (χ0v) is 17.8. The summed E-state index contributed by atoms with van der Waals surface area (Å²) in [6, 6.07) is 11.5. The zero-order valence-electron chi connectivity index (χ0n) is 15.4. The van der Waals surface area contributed by atoms with E-state index in [1.54, 1.807) is 47.4 Å². The van der Waals surface area contributed by atoms with Crippen molar-refractivity contribution in [2.75, 3.05) is 23.7 Å². The van der Waals surface area contributed by atoms with Crippen molar-refractivity contribution in [2.45, 2.75) is 20.4 Å². The monoisotopic (exact) mass is 428 g/mol. The van der Waals surface area contributed by atoms with Crippen molar-refractivity contribution >= 4 is 44.8 Å². The van der Waals surface area contributed by atoms with Crippen LogP contribution < -0.4 is 4.31 Å². The SMILES string of the molecule is CCN(CC)C(=O)c1ccc(N(Cc2c(Cl)cccc2Cl)S(C)(=O)=O)cc1. The number of halogens is 2. The second-order valence-electron chi connectivity index (χ2n) is 5.99. The van der Waals surface area contributed by atoms with Crippen molar-refractivity contribution in [1.29, 1.82) is 0 Å². The second-order valence-corrected chi connectivity index (χ2v) is 8.72. The molecule has 0 unspecified atom stereocenters. The van der Waals surface area contributed by atoms with Crippen molar-refractivity contribution in [2.24, 2.45) is 0 Å². The molecule has 0 fully saturated rings. The Morgan fingerprint density at radius 1 is 0.963 bits per heavy atom. The molecule has 2 aromatic carbocycles. The summed E-state index contributed by atoms with van der Waals surface area (Å²) in [5.74, 6) is -0.0911. The predicted octanol–water partition coefficient (Wildman–Crippen LogP) is 4.44. The number of carbonyl (C=O) groups is 1. The average molecular weight is 429 g/mol. The molecule has 0 saturated heterocycles. The molecule has 0 heterocycles. The van der Waals surface area contributed by atoms with Gasteiger partial charge in [-0.25, -0.2) is 8.42 Å². The molecule has 0 atom stereocenters. The summed E-state index contributed by atoms with van der Waals surface area (Å²) in [5.41, 5.74) is 1.46. The lowest BCUT2D eigenvalue weighted by molar-refractivity contribution is 0.0773. The minimum atomic E-state index is -3.59. The van der Waals surface area contributed by atoms with Gasteiger partial charge in [-0.2, -0.15) is 0 Å². The van der Waals surface area contributed by atoms with Crippen LogP contribution in [0, 0.1) is 0 Å². The molecule has 8 heteroatoms. The van der Waals surface area contributed by atoms with Gasteiger partial charge in [0.2, 0.25) is 10.0 Å². The molecule has 1 amide bonds. The van der Waals surface area contributed by atoms with Crippen molar-refractivity contribution in [3.8, 4) is 0 Å². The highest BCUT2D eigenvalue weighted by atomic mass is 35.5. The van der Waals surface area contributed by atoms with Crippen molar-refractivity contribution in [3.63, 3.8) is 0 Å². The fourth-order valence-electron chi connectivity index (χ4n) is 2.69. The topological polar surface area (TPSA) is 57.7 Å². The zero-order chi connectivity index (χ0) is 20.2. The molecule has 2 aromatic rings. The number of benzene rings is 2. The molecule has 0 saturated carbocycles. The molecule has 0 aliphatic rings. The molecule has 0 aliphatic carbocycles. The Balaban J connectivity index is 2.37. The molecular formula is C19H22Cl2N2O3S. The van der Waals surface area contributed by atoms with E-state index in [9.17, 15) is 13.2 Å². The van der Waals surface area contributed by atoms with E-state index in [-0.39, 0.29) is 12.5 Å². The summed E-state index contributed by atoms with van der Waals surface area (Å²) >= 11 is 12.4. The number of nitrogens with zero attached hydrogens (tertiary/aromatic N) is 2. The summed E-state index contributed by atoms with van der Waals surface area (Å²) in [7, 11) is -3.59. The minimum absolute atomic E-state index is 0.000673. The molecule has 0 aliphatic heterocycles. The first-order valence-corrected chi connectivity index (χ1v) is 11.1. The first-order valence-electron chi connectivity index (χ1n) is 8.49. The Hall–Kier alpha value is -1.76. The Kier molecular flexibility index (Phi) is 7.14. The van der Waals surface area contributed by atoms with Crippen LogP contribution >= 0.6 is 23.2 Å². The summed E-state index contributed by atoms with van der Waals surface area (Å²) in [6.45, 7) is 5.04. The van der Waals surface area contributed by atoms with E-state index in [2.05, 4.69) is 0 Å². The number of hydrogen-bond donors (Lipinski definition) is 0. The van der Waals surface area contributed by atoms with Gasteiger partial charge >= 0.3 is 0 Å². The van der Waals surface area contributed by atoms with Gasteiger partial charge in [-0.05, 0) is 50.2 Å². The molecule has 27 heavy (non-hydrogen) atoms. The lowest BCUT2D eigenvalue weighted by Crippen LogP contribution is -2.31. The van der Waals surface area contributed by atoms with Crippen LogP contribution in [0.4, 0.5) is 5.69 Å². The van der Waals surface area contributed by atoms with E-state index in [0.717, 1.165) is 6.26 Å². The Labute approximate surface area is 170 Å². The molecule has 2 rings (SSSR count). The second kappa shape index (κ2) is 8.95. The van der Waals surface area contributed by atoms with Gasteiger partial charge in [-0.3, -0.25) is 9.10 Å². The molecule has 146 valence electrons. The highest BCUT2D eigenvalue weighted by molar-refractivity contribution is 7.92. The van der Waals surface area contributed by atoms with Gasteiger partial charge in [-0.1, -0.05) is 29.3 Å². The normalized spacial score (nSPS) is 11.3. The van der Waals surface area contributed by atoms with Crippen LogP contribution in [-0.2, 0) is 16.6 Å². The van der Waals surface area contributed by atoms with Gasteiger partial charge in [0, 0.05) is 34.3 Å². The van der Waals surface area contributed by atoms with Crippen LogP contribution in [-0.4, -0.2) is 38.6 Å². The summed E-state index contributed by atoms with van der Waals surface area (Å²) in [5, 5.41) is 0.786. The van der Waals surface area contributed by atoms with E-state index in [1.165, 1.54) is 4.31 Å². The molecule has 5 nitrogen and oxygen atoms in total. The number of sulfonamides is 1. The Bertz CT molecular complexity index is 891. The van der Waals surface area contributed by atoms with E-state index in [4.69, 9.17) is 23.2 Å². The third-order valence-corrected chi connectivity index (χ3v) is 6.07. The van der Waals surface area contributed by atoms with E-state index >= 15 is 0 Å². The van der Waals surface area contributed by atoms with Crippen LogP contribution in [0.5, 0.6) is 0 Å². The van der Waals surface area contributed by atoms with Gasteiger partial charge in [0.1, 0.15) is 0 Å². The van der Waals surface area contributed by atoms with Crippen LogP contribution in [0.3, 0.4) is 0 Å². The maximum absolute atomic E-state index is 12.4. The minimum Gasteiger partial charge on any atom is -0.339 e. The maximum atomic E-state index is 12.4. The summed E-state index contributed by atoms with van der Waals surface area (Å²) in [4.78, 5) is 14.1. The number of hydrogen-bond acceptors (Lipinski definition) is 3. The quantitative estimate of drug-likeness (QED) is 0.654. The van der Waals surface area contributed by atoms with Crippen molar-refractivity contribution < 1.29 is 13.2 Å². The average Bonchev–Trinajstić information content (AvgIpc) is 2.61. The number of anilines is 1. The third-order valence-electron chi connectivity index (χ3n) is 4.22. The predicted molar refractivity (Wildman–Crippen MR) is 111 cm³/mol. The fraction of sp³-hybridized carbons (Fsp3) is 0.316. The van der Waals surface area contributed by atoms with Gasteiger partial charge in [0.25, 0.3) is 5.91 Å².